The second-order valence-electron chi connectivity index (χ2n) is 13.5. The molecule has 8 aliphatic rings. The number of rotatable bonds is 10. The lowest BCUT2D eigenvalue weighted by atomic mass is 9.89. The maximum Gasteiger partial charge on any atom is 0.309 e. The number of epoxide rings is 4. The summed E-state index contributed by atoms with van der Waals surface area (Å²) >= 11 is 0. The normalized spacial score (nSPS) is 43.0. The SMILES string of the molecule is C.C.O=C(CCOCC1CCC2OC2C1)OCC1CCC2OC2C1.O=C(OCC1CCC2OC2C1)C1CCC2OC2C1. The molecule has 240 valence electrons. The van der Waals surface area contributed by atoms with Crippen molar-refractivity contribution in [3.63, 3.8) is 0 Å². The van der Waals surface area contributed by atoms with Gasteiger partial charge in [-0.25, -0.2) is 0 Å². The Morgan fingerprint density at radius 2 is 0.976 bits per heavy atom. The minimum atomic E-state index is -0.131. The van der Waals surface area contributed by atoms with E-state index in [9.17, 15) is 9.59 Å². The number of fused-ring (bicyclic) bond motifs is 4. The van der Waals surface area contributed by atoms with Gasteiger partial charge in [0.15, 0.2) is 0 Å². The predicted molar refractivity (Wildman–Crippen MR) is 155 cm³/mol. The average molecular weight is 595 g/mol. The highest BCUT2D eigenvalue weighted by Crippen LogP contribution is 2.42. The molecular weight excluding hydrogens is 540 g/mol. The number of hydrogen-bond acceptors (Lipinski definition) is 9. The molecule has 0 aromatic rings. The second-order valence-corrected chi connectivity index (χ2v) is 13.5. The summed E-state index contributed by atoms with van der Waals surface area (Å²) < 4.78 is 38.5. The van der Waals surface area contributed by atoms with Crippen LogP contribution in [-0.4, -0.2) is 87.2 Å². The van der Waals surface area contributed by atoms with Crippen LogP contribution in [0.5, 0.6) is 0 Å². The van der Waals surface area contributed by atoms with Gasteiger partial charge in [-0.2, -0.15) is 0 Å². The molecule has 0 N–H and O–H groups in total. The molecule has 12 unspecified atom stereocenters. The van der Waals surface area contributed by atoms with Crippen molar-refractivity contribution < 1.29 is 42.7 Å². The third-order valence-corrected chi connectivity index (χ3v) is 10.4. The highest BCUT2D eigenvalue weighted by atomic mass is 16.6. The van der Waals surface area contributed by atoms with E-state index in [-0.39, 0.29) is 32.7 Å². The van der Waals surface area contributed by atoms with E-state index in [0.29, 0.717) is 92.8 Å². The van der Waals surface area contributed by atoms with E-state index in [1.165, 1.54) is 12.8 Å². The van der Waals surface area contributed by atoms with E-state index < -0.39 is 0 Å². The molecule has 0 bridgehead atoms. The van der Waals surface area contributed by atoms with Crippen LogP contribution in [0.25, 0.3) is 0 Å². The molecule has 8 rings (SSSR count). The van der Waals surface area contributed by atoms with Crippen molar-refractivity contribution in [1.82, 2.24) is 0 Å². The zero-order valence-corrected chi connectivity index (χ0v) is 23.6. The molecule has 9 heteroatoms. The van der Waals surface area contributed by atoms with Gasteiger partial charge in [0, 0.05) is 6.61 Å². The third kappa shape index (κ3) is 8.68. The Bertz CT molecular complexity index is 912. The zero-order valence-electron chi connectivity index (χ0n) is 23.6. The molecule has 12 atom stereocenters. The van der Waals surface area contributed by atoms with E-state index in [4.69, 9.17) is 33.2 Å². The topological polar surface area (TPSA) is 112 Å². The van der Waals surface area contributed by atoms with Gasteiger partial charge in [0.05, 0.1) is 81.0 Å². The van der Waals surface area contributed by atoms with Gasteiger partial charge in [0.25, 0.3) is 0 Å². The van der Waals surface area contributed by atoms with Gasteiger partial charge in [-0.3, -0.25) is 9.59 Å². The molecular formula is C33H54O9. The van der Waals surface area contributed by atoms with E-state index in [2.05, 4.69) is 0 Å². The van der Waals surface area contributed by atoms with E-state index in [1.54, 1.807) is 0 Å². The molecule has 4 aliphatic heterocycles. The maximum absolute atomic E-state index is 12.0. The Morgan fingerprint density at radius 3 is 1.48 bits per heavy atom. The largest absolute Gasteiger partial charge is 0.465 e. The molecule has 4 aliphatic carbocycles. The summed E-state index contributed by atoms with van der Waals surface area (Å²) in [6, 6.07) is 0. The smallest absolute Gasteiger partial charge is 0.309 e. The zero-order chi connectivity index (χ0) is 27.1. The fourth-order valence-electron chi connectivity index (χ4n) is 7.54. The van der Waals surface area contributed by atoms with Crippen LogP contribution in [0.3, 0.4) is 0 Å². The highest BCUT2D eigenvalue weighted by Gasteiger charge is 2.47. The van der Waals surface area contributed by atoms with Gasteiger partial charge in [-0.15, -0.1) is 0 Å². The Morgan fingerprint density at radius 1 is 0.524 bits per heavy atom. The summed E-state index contributed by atoms with van der Waals surface area (Å²) in [5.41, 5.74) is 0. The molecule has 9 nitrogen and oxygen atoms in total. The lowest BCUT2D eigenvalue weighted by Crippen LogP contribution is -2.27. The van der Waals surface area contributed by atoms with Crippen LogP contribution in [-0.2, 0) is 42.7 Å². The number of carbonyl (C=O) groups excluding carboxylic acids is 2. The highest BCUT2D eigenvalue weighted by molar-refractivity contribution is 5.72. The lowest BCUT2D eigenvalue weighted by molar-refractivity contribution is -0.151. The number of ether oxygens (including phenoxy) is 7. The van der Waals surface area contributed by atoms with Gasteiger partial charge in [-0.1, -0.05) is 14.9 Å². The summed E-state index contributed by atoms with van der Waals surface area (Å²) in [6.07, 6.45) is 17.2. The summed E-state index contributed by atoms with van der Waals surface area (Å²) in [7, 11) is 0. The molecule has 0 aromatic heterocycles. The molecule has 0 aromatic carbocycles. The van der Waals surface area contributed by atoms with Crippen LogP contribution in [0.1, 0.15) is 98.3 Å². The van der Waals surface area contributed by atoms with Gasteiger partial charge in [-0.05, 0) is 94.8 Å². The van der Waals surface area contributed by atoms with Gasteiger partial charge in [0.1, 0.15) is 0 Å². The Labute approximate surface area is 252 Å². The first kappa shape index (κ1) is 32.1. The molecule has 4 heterocycles. The molecule has 4 saturated heterocycles. The van der Waals surface area contributed by atoms with E-state index >= 15 is 0 Å². The average Bonchev–Trinajstić information content (AvgIpc) is 3.79. The van der Waals surface area contributed by atoms with Crippen molar-refractivity contribution in [3.8, 4) is 0 Å². The van der Waals surface area contributed by atoms with Crippen LogP contribution in [0.15, 0.2) is 0 Å². The summed E-state index contributed by atoms with van der Waals surface area (Å²) in [5.74, 6) is 1.57. The molecule has 4 saturated carbocycles. The fraction of sp³-hybridized carbons (Fsp3) is 0.939. The van der Waals surface area contributed by atoms with Crippen molar-refractivity contribution in [2.24, 2.45) is 23.7 Å². The van der Waals surface area contributed by atoms with E-state index in [0.717, 1.165) is 70.8 Å². The minimum absolute atomic E-state index is 0. The third-order valence-electron chi connectivity index (χ3n) is 10.4. The molecule has 0 spiro atoms. The summed E-state index contributed by atoms with van der Waals surface area (Å²) in [4.78, 5) is 23.7. The molecule has 0 amide bonds. The maximum atomic E-state index is 12.0. The Kier molecular flexibility index (Phi) is 10.9. The first-order chi connectivity index (χ1) is 19.6. The first-order valence-corrected chi connectivity index (χ1v) is 16.1. The Hall–Kier alpha value is -1.26. The number of esters is 2. The van der Waals surface area contributed by atoms with E-state index in [1.807, 2.05) is 0 Å². The standard InChI is InChI=1S/C17H26O5.C14H20O4.2CH4/c18-17(20-10-12-2-4-14-16(8-12)22-14)5-6-19-9-11-1-3-13-15(7-11)21-13;15-14(9-2-4-11-13(6-9)18-11)16-7-8-1-3-10-12(5-8)17-10;;/h11-16H,1-10H2;8-13H,1-7H2;2*1H4. The van der Waals surface area contributed by atoms with Gasteiger partial charge < -0.3 is 33.2 Å². The van der Waals surface area contributed by atoms with Crippen molar-refractivity contribution in [2.45, 2.75) is 147 Å². The van der Waals surface area contributed by atoms with Crippen molar-refractivity contribution >= 4 is 11.9 Å². The van der Waals surface area contributed by atoms with Crippen LogP contribution >= 0.6 is 0 Å². The summed E-state index contributed by atoms with van der Waals surface area (Å²) in [5, 5.41) is 0. The monoisotopic (exact) mass is 594 g/mol. The van der Waals surface area contributed by atoms with Crippen LogP contribution < -0.4 is 0 Å². The van der Waals surface area contributed by atoms with Crippen molar-refractivity contribution in [3.05, 3.63) is 0 Å². The van der Waals surface area contributed by atoms with Crippen LogP contribution in [0, 0.1) is 23.7 Å². The van der Waals surface area contributed by atoms with Gasteiger partial charge in [0.2, 0.25) is 0 Å². The summed E-state index contributed by atoms with van der Waals surface area (Å²) in [6.45, 7) is 2.37. The molecule has 0 radical (unpaired) electrons. The predicted octanol–water partition coefficient (Wildman–Crippen LogP) is 5.01. The quantitative estimate of drug-likeness (QED) is 0.196. The number of hydrogen-bond donors (Lipinski definition) is 0. The Balaban J connectivity index is 0.000000163. The lowest BCUT2D eigenvalue weighted by Gasteiger charge is -2.21. The number of carbonyl (C=O) groups is 2. The van der Waals surface area contributed by atoms with Crippen molar-refractivity contribution in [2.75, 3.05) is 26.4 Å². The van der Waals surface area contributed by atoms with Crippen molar-refractivity contribution in [1.29, 1.82) is 0 Å². The minimum Gasteiger partial charge on any atom is -0.465 e. The van der Waals surface area contributed by atoms with Crippen LogP contribution in [0.4, 0.5) is 0 Å². The molecule has 42 heavy (non-hydrogen) atoms. The fourth-order valence-corrected chi connectivity index (χ4v) is 7.54. The van der Waals surface area contributed by atoms with Crippen LogP contribution in [0.2, 0.25) is 0 Å². The van der Waals surface area contributed by atoms with Gasteiger partial charge >= 0.3 is 11.9 Å². The molecule has 8 fully saturated rings. The first-order valence-electron chi connectivity index (χ1n) is 16.1. The second kappa shape index (κ2) is 14.2.